The van der Waals surface area contributed by atoms with Gasteiger partial charge < -0.3 is 15.4 Å². The maximum Gasteiger partial charge on any atom is 0.239 e. The third kappa shape index (κ3) is 2.03. The number of likely N-dealkylation sites (N-methyl/N-ethyl adjacent to an activating group) is 1. The van der Waals surface area contributed by atoms with Gasteiger partial charge in [-0.25, -0.2) is 0 Å². The van der Waals surface area contributed by atoms with Crippen molar-refractivity contribution < 1.29 is 4.79 Å². The molecule has 0 saturated carbocycles. The molecule has 0 spiro atoms. The number of carbonyl (C=O) groups excluding carboxylic acids is 1. The Labute approximate surface area is 80.5 Å². The molecule has 72 valence electrons. The number of nitrogens with one attached hydrogen (secondary N) is 2. The molecule has 5 heteroatoms. The third-order valence-electron chi connectivity index (χ3n) is 2.78. The molecule has 1 rings (SSSR count). The molecule has 2 N–H and O–H groups in total. The summed E-state index contributed by atoms with van der Waals surface area (Å²) in [5.74, 6) is -0.0110. The molecule has 0 aromatic heterocycles. The fourth-order valence-corrected chi connectivity index (χ4v) is 1.68. The molecule has 2 radical (unpaired) electrons. The normalized spacial score (nSPS) is 22.6. The van der Waals surface area contributed by atoms with Gasteiger partial charge in [0, 0.05) is 20.1 Å². The van der Waals surface area contributed by atoms with Gasteiger partial charge in [-0.1, -0.05) is 0 Å². The Morgan fingerprint density at radius 1 is 1.46 bits per heavy atom. The number of hydrogen-bond donors (Lipinski definition) is 2. The number of nitrogens with zero attached hydrogens (tertiary/aromatic N) is 1. The molecule has 0 atom stereocenters. The standard InChI is InChI=1S/C8H16BN3O/c1-10-7(13)8(11-9)3-5-12(2)6-4-8/h11H,3-6H2,1-2H3,(H,10,13). The highest BCUT2D eigenvalue weighted by atomic mass is 16.2. The van der Waals surface area contributed by atoms with Crippen LogP contribution in [0.3, 0.4) is 0 Å². The van der Waals surface area contributed by atoms with Crippen LogP contribution in [-0.4, -0.2) is 51.5 Å². The van der Waals surface area contributed by atoms with Crippen molar-refractivity contribution in [3.8, 4) is 0 Å². The van der Waals surface area contributed by atoms with Crippen LogP contribution >= 0.6 is 0 Å². The van der Waals surface area contributed by atoms with Crippen molar-refractivity contribution in [1.82, 2.24) is 15.4 Å². The summed E-state index contributed by atoms with van der Waals surface area (Å²) in [6.07, 6.45) is 1.53. The van der Waals surface area contributed by atoms with Crippen molar-refractivity contribution in [1.29, 1.82) is 0 Å². The van der Waals surface area contributed by atoms with Crippen molar-refractivity contribution in [3.63, 3.8) is 0 Å². The molecule has 0 aromatic rings. The molecule has 1 saturated heterocycles. The molecule has 4 nitrogen and oxygen atoms in total. The number of piperidine rings is 1. The van der Waals surface area contributed by atoms with Crippen LogP contribution in [0.5, 0.6) is 0 Å². The van der Waals surface area contributed by atoms with E-state index >= 15 is 0 Å². The molecule has 0 bridgehead atoms. The summed E-state index contributed by atoms with van der Waals surface area (Å²) in [7, 11) is 9.12. The Balaban J connectivity index is 2.65. The van der Waals surface area contributed by atoms with Gasteiger partial charge in [0.2, 0.25) is 5.91 Å². The van der Waals surface area contributed by atoms with Gasteiger partial charge >= 0.3 is 0 Å². The second kappa shape index (κ2) is 4.11. The van der Waals surface area contributed by atoms with Gasteiger partial charge in [0.1, 0.15) is 0 Å². The first kappa shape index (κ1) is 10.5. The highest BCUT2D eigenvalue weighted by Crippen LogP contribution is 2.20. The van der Waals surface area contributed by atoms with Gasteiger partial charge in [-0.05, 0) is 19.9 Å². The van der Waals surface area contributed by atoms with E-state index in [1.54, 1.807) is 7.05 Å². The fourth-order valence-electron chi connectivity index (χ4n) is 1.68. The zero-order valence-electron chi connectivity index (χ0n) is 8.26. The Hall–Kier alpha value is -0.545. The molecule has 13 heavy (non-hydrogen) atoms. The van der Waals surface area contributed by atoms with Gasteiger partial charge in [0.05, 0.1) is 5.54 Å². The van der Waals surface area contributed by atoms with E-state index in [0.717, 1.165) is 25.9 Å². The largest absolute Gasteiger partial charge is 0.358 e. The number of hydrogen-bond acceptors (Lipinski definition) is 3. The summed E-state index contributed by atoms with van der Waals surface area (Å²) in [6, 6.07) is 0. The molecule has 0 unspecified atom stereocenters. The molecule has 1 aliphatic rings. The Kier molecular flexibility index (Phi) is 3.33. The fraction of sp³-hybridized carbons (Fsp3) is 0.875. The summed E-state index contributed by atoms with van der Waals surface area (Å²) in [5, 5.41) is 5.29. The topological polar surface area (TPSA) is 44.4 Å². The van der Waals surface area contributed by atoms with E-state index in [-0.39, 0.29) is 5.91 Å². The van der Waals surface area contributed by atoms with Gasteiger partial charge in [0.25, 0.3) is 0 Å². The Morgan fingerprint density at radius 2 is 2.00 bits per heavy atom. The van der Waals surface area contributed by atoms with Crippen LogP contribution in [0, 0.1) is 0 Å². The third-order valence-corrected chi connectivity index (χ3v) is 2.78. The number of likely N-dealkylation sites (tertiary alicyclic amines) is 1. The first-order valence-corrected chi connectivity index (χ1v) is 4.53. The minimum atomic E-state index is -0.554. The minimum absolute atomic E-state index is 0.0110. The van der Waals surface area contributed by atoms with Crippen LogP contribution in [0.1, 0.15) is 12.8 Å². The van der Waals surface area contributed by atoms with Crippen molar-refractivity contribution in [3.05, 3.63) is 0 Å². The number of carbonyl (C=O) groups is 1. The second-order valence-corrected chi connectivity index (χ2v) is 3.61. The molecule has 1 fully saturated rings. The van der Waals surface area contributed by atoms with Crippen molar-refractivity contribution in [2.75, 3.05) is 27.2 Å². The number of amides is 1. The van der Waals surface area contributed by atoms with Crippen LogP contribution < -0.4 is 10.5 Å². The first-order valence-electron chi connectivity index (χ1n) is 4.53. The van der Waals surface area contributed by atoms with Crippen molar-refractivity contribution in [2.45, 2.75) is 18.4 Å². The quantitative estimate of drug-likeness (QED) is 0.530. The lowest BCUT2D eigenvalue weighted by Gasteiger charge is -2.39. The molecule has 1 amide bonds. The predicted molar refractivity (Wildman–Crippen MR) is 52.4 cm³/mol. The lowest BCUT2D eigenvalue weighted by Crippen LogP contribution is -2.60. The average molecular weight is 181 g/mol. The maximum atomic E-state index is 11.6. The number of rotatable bonds is 2. The smallest absolute Gasteiger partial charge is 0.239 e. The lowest BCUT2D eigenvalue weighted by molar-refractivity contribution is -0.128. The molecular formula is C8H16BN3O. The van der Waals surface area contributed by atoms with E-state index in [1.165, 1.54) is 0 Å². The lowest BCUT2D eigenvalue weighted by atomic mass is 9.85. The van der Waals surface area contributed by atoms with Gasteiger partial charge in [-0.2, -0.15) is 0 Å². The molecule has 0 aromatic carbocycles. The summed E-state index contributed by atoms with van der Waals surface area (Å²) in [4.78, 5) is 13.7. The minimum Gasteiger partial charge on any atom is -0.358 e. The van der Waals surface area contributed by atoms with Gasteiger partial charge in [-0.15, -0.1) is 0 Å². The summed E-state index contributed by atoms with van der Waals surface area (Å²) in [6.45, 7) is 1.80. The van der Waals surface area contributed by atoms with Crippen LogP contribution in [0.25, 0.3) is 0 Å². The first-order chi connectivity index (χ1) is 6.14. The summed E-state index contributed by atoms with van der Waals surface area (Å²) < 4.78 is 0. The zero-order chi connectivity index (χ0) is 9.90. The Morgan fingerprint density at radius 3 is 2.38 bits per heavy atom. The van der Waals surface area contributed by atoms with E-state index in [2.05, 4.69) is 15.4 Å². The second-order valence-electron chi connectivity index (χ2n) is 3.61. The van der Waals surface area contributed by atoms with Crippen LogP contribution in [0.15, 0.2) is 0 Å². The molecule has 1 heterocycles. The molecular weight excluding hydrogens is 165 g/mol. The van der Waals surface area contributed by atoms with E-state index in [1.807, 2.05) is 7.05 Å². The monoisotopic (exact) mass is 181 g/mol. The van der Waals surface area contributed by atoms with Crippen LogP contribution in [0.2, 0.25) is 0 Å². The van der Waals surface area contributed by atoms with Crippen molar-refractivity contribution in [2.24, 2.45) is 0 Å². The van der Waals surface area contributed by atoms with E-state index in [0.29, 0.717) is 0 Å². The van der Waals surface area contributed by atoms with E-state index < -0.39 is 5.54 Å². The highest BCUT2D eigenvalue weighted by Gasteiger charge is 2.37. The zero-order valence-corrected chi connectivity index (χ0v) is 8.26. The van der Waals surface area contributed by atoms with Gasteiger partial charge in [0.15, 0.2) is 7.98 Å². The maximum absolute atomic E-state index is 11.6. The summed E-state index contributed by atoms with van der Waals surface area (Å²) in [5.41, 5.74) is -0.554. The van der Waals surface area contributed by atoms with Crippen molar-refractivity contribution >= 4 is 13.9 Å². The SMILES string of the molecule is [B]NC1(C(=O)NC)CCN(C)CC1. The molecule has 0 aliphatic carbocycles. The van der Waals surface area contributed by atoms with E-state index in [4.69, 9.17) is 7.98 Å². The molecule has 1 aliphatic heterocycles. The Bertz CT molecular complexity index is 190. The summed E-state index contributed by atoms with van der Waals surface area (Å²) >= 11 is 0. The van der Waals surface area contributed by atoms with Crippen LogP contribution in [-0.2, 0) is 4.79 Å². The van der Waals surface area contributed by atoms with Gasteiger partial charge in [-0.3, -0.25) is 4.79 Å². The van der Waals surface area contributed by atoms with E-state index in [9.17, 15) is 4.79 Å². The predicted octanol–water partition coefficient (Wildman–Crippen LogP) is -1.13. The van der Waals surface area contributed by atoms with Crippen LogP contribution in [0.4, 0.5) is 0 Å². The average Bonchev–Trinajstić information content (AvgIpc) is 2.18. The highest BCUT2D eigenvalue weighted by molar-refractivity contribution is 6.08.